The topological polar surface area (TPSA) is 351 Å². The van der Waals surface area contributed by atoms with E-state index in [2.05, 4.69) is 59.5 Å². The van der Waals surface area contributed by atoms with Crippen LogP contribution in [0.4, 0.5) is 0 Å². The fraction of sp³-hybridized carbons (Fsp3) is 0.613. The van der Waals surface area contributed by atoms with Crippen molar-refractivity contribution >= 4 is 65.9 Å². The fourth-order valence-electron chi connectivity index (χ4n) is 5.31. The van der Waals surface area contributed by atoms with Gasteiger partial charge in [0.2, 0.25) is 41.4 Å². The van der Waals surface area contributed by atoms with Gasteiger partial charge in [-0.1, -0.05) is 13.8 Å². The van der Waals surface area contributed by atoms with Gasteiger partial charge in [0.25, 0.3) is 0 Å². The number of likely N-dealkylation sites (tertiary alicyclic amines) is 1. The van der Waals surface area contributed by atoms with Crippen LogP contribution in [0.5, 0.6) is 0 Å². The number of guanidine groups is 1. The molecule has 5 atom stereocenters. The molecule has 23 heteroatoms. The molecule has 54 heavy (non-hydrogen) atoms. The zero-order valence-corrected chi connectivity index (χ0v) is 31.0. The number of imidazole rings is 1. The maximum absolute atomic E-state index is 13.9. The molecule has 7 amide bonds. The Kier molecular flexibility index (Phi) is 18.7. The van der Waals surface area contributed by atoms with E-state index in [0.717, 1.165) is 0 Å². The number of aromatic nitrogens is 2. The van der Waals surface area contributed by atoms with E-state index in [1.807, 2.05) is 0 Å². The van der Waals surface area contributed by atoms with Crippen molar-refractivity contribution in [3.8, 4) is 0 Å². The molecular formula is C31H51N13O9S. The van der Waals surface area contributed by atoms with Crippen LogP contribution in [-0.4, -0.2) is 142 Å². The van der Waals surface area contributed by atoms with Crippen molar-refractivity contribution in [1.82, 2.24) is 46.8 Å². The summed E-state index contributed by atoms with van der Waals surface area (Å²) in [5, 5.41) is 23.7. The van der Waals surface area contributed by atoms with E-state index >= 15 is 0 Å². The number of carbonyl (C=O) groups excluding carboxylic acids is 7. The summed E-state index contributed by atoms with van der Waals surface area (Å²) < 4.78 is 0. The standard InChI is InChI=1S/C31H51N13O9S/c1-16(2)25(43-23(46)12-37-26(49)18(32)14-54)29(52)42-19(5-3-7-36-31(33)34)30(53)44-8-4-6-21(44)28(51)38-11-22(45)41-20(9-17-10-35-15-40-17)27(50)39-13-24(47)48/h10,15-16,18-21,25,54H,3-9,11-14,32H2,1-2H3,(H,35,40)(H,37,49)(H,38,51)(H,39,50)(H,41,45)(H,42,52)(H,43,46)(H,47,48)(H4,33,34,36). The van der Waals surface area contributed by atoms with Gasteiger partial charge in [0.1, 0.15) is 30.7 Å². The Morgan fingerprint density at radius 2 is 1.63 bits per heavy atom. The average Bonchev–Trinajstić information content (AvgIpc) is 3.83. The first-order valence-corrected chi connectivity index (χ1v) is 17.8. The highest BCUT2D eigenvalue weighted by Gasteiger charge is 2.38. The van der Waals surface area contributed by atoms with Crippen molar-refractivity contribution in [2.45, 2.75) is 76.2 Å². The normalized spacial score (nSPS) is 15.9. The van der Waals surface area contributed by atoms with E-state index in [0.29, 0.717) is 12.1 Å². The molecule has 14 N–H and O–H groups in total. The lowest BCUT2D eigenvalue weighted by molar-refractivity contribution is -0.142. The molecule has 1 aliphatic rings. The van der Waals surface area contributed by atoms with E-state index in [-0.39, 0.29) is 50.5 Å². The van der Waals surface area contributed by atoms with Crippen LogP contribution in [0, 0.1) is 5.92 Å². The number of thiol groups is 1. The first-order chi connectivity index (χ1) is 25.5. The fourth-order valence-corrected chi connectivity index (χ4v) is 5.47. The Labute approximate surface area is 316 Å². The van der Waals surface area contributed by atoms with E-state index < -0.39 is 103 Å². The number of aliphatic imine (C=N–C) groups is 1. The predicted molar refractivity (Wildman–Crippen MR) is 196 cm³/mol. The summed E-state index contributed by atoms with van der Waals surface area (Å²) in [6, 6.07) is -5.41. The van der Waals surface area contributed by atoms with E-state index in [1.54, 1.807) is 13.8 Å². The maximum Gasteiger partial charge on any atom is 0.322 e. The van der Waals surface area contributed by atoms with Gasteiger partial charge in [-0.15, -0.1) is 0 Å². The Morgan fingerprint density at radius 3 is 2.24 bits per heavy atom. The number of H-pyrrole nitrogens is 1. The molecule has 1 aromatic rings. The predicted octanol–water partition coefficient (Wildman–Crippen LogP) is -5.20. The highest BCUT2D eigenvalue weighted by Crippen LogP contribution is 2.20. The van der Waals surface area contributed by atoms with Gasteiger partial charge < -0.3 is 64.1 Å². The van der Waals surface area contributed by atoms with Gasteiger partial charge in [0.05, 0.1) is 25.5 Å². The highest BCUT2D eigenvalue weighted by molar-refractivity contribution is 7.80. The lowest BCUT2D eigenvalue weighted by Gasteiger charge is -2.30. The number of carbonyl (C=O) groups is 8. The summed E-state index contributed by atoms with van der Waals surface area (Å²) in [5.41, 5.74) is 16.9. The first-order valence-electron chi connectivity index (χ1n) is 17.2. The highest BCUT2D eigenvalue weighted by atomic mass is 32.1. The Hall–Kier alpha value is -5.45. The number of carboxylic acids is 1. The summed E-state index contributed by atoms with van der Waals surface area (Å²) >= 11 is 3.95. The third-order valence-corrected chi connectivity index (χ3v) is 8.48. The number of aromatic amines is 1. The zero-order valence-electron chi connectivity index (χ0n) is 30.1. The molecule has 300 valence electrons. The van der Waals surface area contributed by atoms with Crippen LogP contribution in [0.3, 0.4) is 0 Å². The second-order valence-electron chi connectivity index (χ2n) is 12.7. The van der Waals surface area contributed by atoms with E-state index in [4.69, 9.17) is 22.3 Å². The second kappa shape index (κ2) is 22.6. The summed E-state index contributed by atoms with van der Waals surface area (Å²) in [7, 11) is 0. The van der Waals surface area contributed by atoms with Gasteiger partial charge in [-0.25, -0.2) is 4.98 Å². The van der Waals surface area contributed by atoms with Crippen molar-refractivity contribution < 1.29 is 43.5 Å². The number of hydrogen-bond acceptors (Lipinski definition) is 12. The SMILES string of the molecule is CC(C)C(NC(=O)CNC(=O)C(N)CS)C(=O)NC(CCCN=C(N)N)C(=O)N1CCCC1C(=O)NCC(=O)NC(Cc1cnc[nH]1)C(=O)NCC(=O)O. The molecule has 0 radical (unpaired) electrons. The monoisotopic (exact) mass is 781 g/mol. The number of carboxylic acid groups (broad SMARTS) is 1. The molecule has 1 aliphatic heterocycles. The van der Waals surface area contributed by atoms with Gasteiger partial charge in [0, 0.05) is 37.2 Å². The second-order valence-corrected chi connectivity index (χ2v) is 13.1. The van der Waals surface area contributed by atoms with Gasteiger partial charge in [-0.3, -0.25) is 43.3 Å². The summed E-state index contributed by atoms with van der Waals surface area (Å²) in [4.78, 5) is 114. The third kappa shape index (κ3) is 15.3. The van der Waals surface area contributed by atoms with Crippen LogP contribution < -0.4 is 49.1 Å². The van der Waals surface area contributed by atoms with Crippen LogP contribution in [0.25, 0.3) is 0 Å². The van der Waals surface area contributed by atoms with Gasteiger partial charge in [-0.05, 0) is 31.6 Å². The number of nitrogens with one attached hydrogen (secondary N) is 7. The van der Waals surface area contributed by atoms with Crippen molar-refractivity contribution in [3.63, 3.8) is 0 Å². The third-order valence-electron chi connectivity index (χ3n) is 8.09. The number of hydrogen-bond donors (Lipinski definition) is 12. The molecule has 0 bridgehead atoms. The Morgan fingerprint density at radius 1 is 0.963 bits per heavy atom. The zero-order chi connectivity index (χ0) is 40.4. The molecule has 1 aromatic heterocycles. The first kappa shape index (κ1) is 44.7. The van der Waals surface area contributed by atoms with E-state index in [9.17, 15) is 38.4 Å². The van der Waals surface area contributed by atoms with Crippen molar-refractivity contribution in [3.05, 3.63) is 18.2 Å². The molecule has 0 aliphatic carbocycles. The van der Waals surface area contributed by atoms with Gasteiger partial charge in [-0.2, -0.15) is 12.6 Å². The molecule has 0 aromatic carbocycles. The Balaban J connectivity index is 2.12. The smallest absolute Gasteiger partial charge is 0.322 e. The van der Waals surface area contributed by atoms with Crippen molar-refractivity contribution in [1.29, 1.82) is 0 Å². The van der Waals surface area contributed by atoms with Crippen molar-refractivity contribution in [2.24, 2.45) is 28.1 Å². The van der Waals surface area contributed by atoms with Crippen LogP contribution in [0.15, 0.2) is 17.5 Å². The van der Waals surface area contributed by atoms with Gasteiger partial charge >= 0.3 is 5.97 Å². The molecule has 1 saturated heterocycles. The molecule has 2 heterocycles. The van der Waals surface area contributed by atoms with Crippen LogP contribution >= 0.6 is 12.6 Å². The molecule has 5 unspecified atom stereocenters. The van der Waals surface area contributed by atoms with Crippen LogP contribution in [0.2, 0.25) is 0 Å². The molecule has 2 rings (SSSR count). The van der Waals surface area contributed by atoms with Crippen LogP contribution in [0.1, 0.15) is 45.2 Å². The minimum Gasteiger partial charge on any atom is -0.480 e. The van der Waals surface area contributed by atoms with Crippen molar-refractivity contribution in [2.75, 3.05) is 38.5 Å². The number of aliphatic carboxylic acids is 1. The van der Waals surface area contributed by atoms with Gasteiger partial charge in [0.15, 0.2) is 5.96 Å². The summed E-state index contributed by atoms with van der Waals surface area (Å²) in [5.74, 6) is -6.58. The minimum atomic E-state index is -1.28. The average molecular weight is 782 g/mol. The number of nitrogens with two attached hydrogens (primary N) is 3. The number of amides is 7. The summed E-state index contributed by atoms with van der Waals surface area (Å²) in [6.07, 6.45) is 3.76. The largest absolute Gasteiger partial charge is 0.480 e. The minimum absolute atomic E-state index is 0.0463. The lowest BCUT2D eigenvalue weighted by Crippen LogP contribution is -2.58. The van der Waals surface area contributed by atoms with Crippen LogP contribution in [-0.2, 0) is 44.8 Å². The molecule has 1 fully saturated rings. The molecule has 22 nitrogen and oxygen atoms in total. The quantitative estimate of drug-likeness (QED) is 0.0227. The molecule has 0 saturated carbocycles. The molecule has 0 spiro atoms. The number of nitrogens with zero attached hydrogens (tertiary/aromatic N) is 3. The van der Waals surface area contributed by atoms with E-state index in [1.165, 1.54) is 17.4 Å². The maximum atomic E-state index is 13.9. The molecular weight excluding hydrogens is 730 g/mol. The lowest BCUT2D eigenvalue weighted by atomic mass is 10.0. The Bertz CT molecular complexity index is 1500. The number of rotatable bonds is 22. The summed E-state index contributed by atoms with van der Waals surface area (Å²) in [6.45, 7) is 1.95.